The van der Waals surface area contributed by atoms with Crippen molar-refractivity contribution in [3.8, 4) is 0 Å². The largest absolute Gasteiger partial charge is 0.383 e. The number of carbonyl (C=O) groups excluding carboxylic acids is 3. The van der Waals surface area contributed by atoms with Crippen LogP contribution in [0.2, 0.25) is 0 Å². The van der Waals surface area contributed by atoms with E-state index in [9.17, 15) is 14.4 Å². The summed E-state index contributed by atoms with van der Waals surface area (Å²) < 4.78 is 5.85. The highest BCUT2D eigenvalue weighted by Gasteiger charge is 2.42. The van der Waals surface area contributed by atoms with Gasteiger partial charge in [-0.2, -0.15) is 0 Å². The van der Waals surface area contributed by atoms with Crippen molar-refractivity contribution < 1.29 is 19.1 Å². The number of anilines is 1. The van der Waals surface area contributed by atoms with E-state index in [0.29, 0.717) is 5.69 Å². The molecule has 1 saturated heterocycles. The number of barbiturate groups is 1. The van der Waals surface area contributed by atoms with Crippen molar-refractivity contribution >= 4 is 56.9 Å². The fourth-order valence-corrected chi connectivity index (χ4v) is 3.88. The monoisotopic (exact) mass is 434 g/mol. The van der Waals surface area contributed by atoms with E-state index in [-0.39, 0.29) is 18.7 Å². The Morgan fingerprint density at radius 3 is 2.50 bits per heavy atom. The first kappa shape index (κ1) is 18.5. The first-order chi connectivity index (χ1) is 12.5. The third kappa shape index (κ3) is 3.62. The number of amides is 4. The Bertz CT molecular complexity index is 878. The number of thiophene rings is 1. The molecule has 0 aliphatic carbocycles. The molecule has 1 aromatic heterocycles. The number of carbonyl (C=O) groups is 3. The van der Waals surface area contributed by atoms with Crippen molar-refractivity contribution in [2.45, 2.75) is 0 Å². The molecule has 6 nitrogen and oxygen atoms in total. The van der Waals surface area contributed by atoms with Crippen molar-refractivity contribution in [3.05, 3.63) is 56.7 Å². The Balaban J connectivity index is 2.05. The standard InChI is InChI=1S/C18H15BrN2O4S/c1-25-8-7-20-16(22)15(10-14-9-12(19)11-26-14)17(23)21(18(20)24)13-5-3-2-4-6-13/h2-6,9-11H,7-8H2,1H3/b15-10-. The van der Waals surface area contributed by atoms with E-state index in [1.807, 2.05) is 5.38 Å². The molecule has 134 valence electrons. The van der Waals surface area contributed by atoms with Gasteiger partial charge in [-0.15, -0.1) is 11.3 Å². The van der Waals surface area contributed by atoms with Crippen molar-refractivity contribution in [3.63, 3.8) is 0 Å². The number of rotatable bonds is 5. The van der Waals surface area contributed by atoms with Crippen LogP contribution in [0.3, 0.4) is 0 Å². The van der Waals surface area contributed by atoms with Crippen molar-refractivity contribution in [1.29, 1.82) is 0 Å². The summed E-state index contributed by atoms with van der Waals surface area (Å²) in [5, 5.41) is 1.85. The molecule has 4 amide bonds. The highest BCUT2D eigenvalue weighted by Crippen LogP contribution is 2.28. The van der Waals surface area contributed by atoms with Crippen LogP contribution < -0.4 is 4.90 Å². The molecule has 2 aromatic rings. The van der Waals surface area contributed by atoms with Crippen molar-refractivity contribution in [2.24, 2.45) is 0 Å². The molecule has 0 spiro atoms. The predicted molar refractivity (Wildman–Crippen MR) is 103 cm³/mol. The van der Waals surface area contributed by atoms with Gasteiger partial charge in [0.2, 0.25) is 0 Å². The molecule has 3 rings (SSSR count). The minimum atomic E-state index is -0.673. The van der Waals surface area contributed by atoms with Gasteiger partial charge >= 0.3 is 6.03 Å². The molecule has 2 heterocycles. The second kappa shape index (κ2) is 7.94. The van der Waals surface area contributed by atoms with Gasteiger partial charge in [0, 0.05) is 21.8 Å². The van der Waals surface area contributed by atoms with E-state index < -0.39 is 17.8 Å². The zero-order valence-electron chi connectivity index (χ0n) is 13.8. The van der Waals surface area contributed by atoms with Gasteiger partial charge in [-0.05, 0) is 40.2 Å². The molecule has 1 fully saturated rings. The average Bonchev–Trinajstić information content (AvgIpc) is 3.05. The molecular formula is C18H15BrN2O4S. The van der Waals surface area contributed by atoms with Crippen LogP contribution in [0.25, 0.3) is 6.08 Å². The van der Waals surface area contributed by atoms with E-state index in [0.717, 1.165) is 19.1 Å². The van der Waals surface area contributed by atoms with Gasteiger partial charge in [-0.3, -0.25) is 14.5 Å². The molecule has 0 atom stereocenters. The van der Waals surface area contributed by atoms with Crippen LogP contribution in [0.4, 0.5) is 10.5 Å². The first-order valence-electron chi connectivity index (χ1n) is 7.73. The molecule has 0 N–H and O–H groups in total. The SMILES string of the molecule is COCCN1C(=O)/C(=C/c2cc(Br)cs2)C(=O)N(c2ccccc2)C1=O. The number of imide groups is 2. The maximum Gasteiger partial charge on any atom is 0.338 e. The van der Waals surface area contributed by atoms with E-state index in [2.05, 4.69) is 15.9 Å². The van der Waals surface area contributed by atoms with Crippen LogP contribution in [0, 0.1) is 0 Å². The molecule has 1 aliphatic heterocycles. The Labute approximate surface area is 162 Å². The molecule has 26 heavy (non-hydrogen) atoms. The van der Waals surface area contributed by atoms with E-state index in [1.165, 1.54) is 24.5 Å². The van der Waals surface area contributed by atoms with Crippen molar-refractivity contribution in [2.75, 3.05) is 25.2 Å². The third-order valence-electron chi connectivity index (χ3n) is 3.74. The summed E-state index contributed by atoms with van der Waals surface area (Å²) in [6.45, 7) is 0.252. The highest BCUT2D eigenvalue weighted by molar-refractivity contribution is 9.10. The zero-order chi connectivity index (χ0) is 18.7. The van der Waals surface area contributed by atoms with Crippen LogP contribution in [-0.4, -0.2) is 43.0 Å². The van der Waals surface area contributed by atoms with Gasteiger partial charge in [0.05, 0.1) is 18.8 Å². The summed E-state index contributed by atoms with van der Waals surface area (Å²) in [4.78, 5) is 41.3. The fourth-order valence-electron chi connectivity index (χ4n) is 2.51. The number of ether oxygens (including phenoxy) is 1. The van der Waals surface area contributed by atoms with Crippen LogP contribution >= 0.6 is 27.3 Å². The predicted octanol–water partition coefficient (Wildman–Crippen LogP) is 3.54. The smallest absolute Gasteiger partial charge is 0.338 e. The van der Waals surface area contributed by atoms with Gasteiger partial charge in [0.25, 0.3) is 11.8 Å². The molecule has 0 bridgehead atoms. The Morgan fingerprint density at radius 2 is 1.88 bits per heavy atom. The summed E-state index contributed by atoms with van der Waals surface area (Å²) in [6, 6.07) is 9.68. The lowest BCUT2D eigenvalue weighted by Crippen LogP contribution is -2.57. The summed E-state index contributed by atoms with van der Waals surface area (Å²) in [6.07, 6.45) is 1.52. The lowest BCUT2D eigenvalue weighted by molar-refractivity contribution is -0.129. The molecule has 1 aliphatic rings. The Hall–Kier alpha value is -2.29. The number of para-hydroxylation sites is 1. The minimum Gasteiger partial charge on any atom is -0.383 e. The second-order valence-electron chi connectivity index (χ2n) is 5.43. The van der Waals surface area contributed by atoms with E-state index in [4.69, 9.17) is 4.74 Å². The number of nitrogens with zero attached hydrogens (tertiary/aromatic N) is 2. The fraction of sp³-hybridized carbons (Fsp3) is 0.167. The molecule has 8 heteroatoms. The molecule has 1 aromatic carbocycles. The second-order valence-corrected chi connectivity index (χ2v) is 7.29. The number of methoxy groups -OCH3 is 1. The van der Waals surface area contributed by atoms with Crippen LogP contribution in [-0.2, 0) is 14.3 Å². The Kier molecular flexibility index (Phi) is 5.65. The summed E-state index contributed by atoms with van der Waals surface area (Å²) in [5.74, 6) is -1.25. The molecular weight excluding hydrogens is 420 g/mol. The number of urea groups is 1. The Morgan fingerprint density at radius 1 is 1.15 bits per heavy atom. The van der Waals surface area contributed by atoms with Gasteiger partial charge in [-0.1, -0.05) is 18.2 Å². The first-order valence-corrected chi connectivity index (χ1v) is 9.40. The normalized spacial score (nSPS) is 16.7. The highest BCUT2D eigenvalue weighted by atomic mass is 79.9. The summed E-state index contributed by atoms with van der Waals surface area (Å²) in [7, 11) is 1.49. The lowest BCUT2D eigenvalue weighted by Gasteiger charge is -2.33. The number of benzene rings is 1. The zero-order valence-corrected chi connectivity index (χ0v) is 16.2. The van der Waals surface area contributed by atoms with Gasteiger partial charge in [0.15, 0.2) is 0 Å². The van der Waals surface area contributed by atoms with E-state index >= 15 is 0 Å². The average molecular weight is 435 g/mol. The van der Waals surface area contributed by atoms with Gasteiger partial charge in [-0.25, -0.2) is 9.69 Å². The van der Waals surface area contributed by atoms with Crippen molar-refractivity contribution in [1.82, 2.24) is 4.90 Å². The van der Waals surface area contributed by atoms with Gasteiger partial charge < -0.3 is 4.74 Å². The quantitative estimate of drug-likeness (QED) is 0.533. The van der Waals surface area contributed by atoms with Crippen LogP contribution in [0.15, 0.2) is 51.8 Å². The van der Waals surface area contributed by atoms with E-state index in [1.54, 1.807) is 36.4 Å². The maximum atomic E-state index is 12.9. The van der Waals surface area contributed by atoms with Gasteiger partial charge in [0.1, 0.15) is 5.57 Å². The molecule has 0 saturated carbocycles. The minimum absolute atomic E-state index is 0.0566. The summed E-state index contributed by atoms with van der Waals surface area (Å²) in [5.41, 5.74) is 0.356. The lowest BCUT2D eigenvalue weighted by atomic mass is 10.1. The molecule has 0 radical (unpaired) electrons. The number of hydrogen-bond acceptors (Lipinski definition) is 5. The third-order valence-corrected chi connectivity index (χ3v) is 5.38. The molecule has 0 unspecified atom stereocenters. The number of hydrogen-bond donors (Lipinski definition) is 0. The number of halogens is 1. The van der Waals surface area contributed by atoms with Crippen LogP contribution in [0.1, 0.15) is 4.88 Å². The maximum absolute atomic E-state index is 12.9. The van der Waals surface area contributed by atoms with Crippen LogP contribution in [0.5, 0.6) is 0 Å². The topological polar surface area (TPSA) is 66.9 Å². The summed E-state index contributed by atoms with van der Waals surface area (Å²) >= 11 is 4.74.